The molecule has 0 aromatic heterocycles. The molecule has 0 fully saturated rings. The largest absolute Gasteiger partial charge is 0.369 e. The number of halogens is 1. The van der Waals surface area contributed by atoms with Crippen molar-refractivity contribution >= 4 is 15.9 Å². The van der Waals surface area contributed by atoms with E-state index < -0.39 is 28.3 Å². The topological polar surface area (TPSA) is 80.5 Å². The first-order chi connectivity index (χ1) is 7.75. The molecule has 0 atom stereocenters. The molecule has 1 amide bonds. The lowest BCUT2D eigenvalue weighted by molar-refractivity contribution is -0.118. The quantitative estimate of drug-likeness (QED) is 0.842. The van der Waals surface area contributed by atoms with Gasteiger partial charge < -0.3 is 5.73 Å². The Bertz CT molecular complexity index is 542. The Morgan fingerprint density at radius 1 is 1.47 bits per heavy atom. The number of carbonyl (C=O) groups excluding carboxylic acids is 1. The Balaban J connectivity index is 3.21. The van der Waals surface area contributed by atoms with Gasteiger partial charge in [-0.05, 0) is 24.6 Å². The van der Waals surface area contributed by atoms with Crippen LogP contribution < -0.4 is 5.73 Å². The Kier molecular flexibility index (Phi) is 3.84. The number of hydrogen-bond acceptors (Lipinski definition) is 3. The van der Waals surface area contributed by atoms with E-state index in [4.69, 9.17) is 5.73 Å². The van der Waals surface area contributed by atoms with Crippen molar-refractivity contribution < 1.29 is 17.6 Å². The van der Waals surface area contributed by atoms with Crippen LogP contribution in [0.1, 0.15) is 5.56 Å². The Morgan fingerprint density at radius 3 is 2.59 bits per heavy atom. The van der Waals surface area contributed by atoms with Gasteiger partial charge >= 0.3 is 0 Å². The maximum Gasteiger partial charge on any atom is 0.243 e. The van der Waals surface area contributed by atoms with Gasteiger partial charge in [0, 0.05) is 7.05 Å². The SMILES string of the molecule is Cc1ccc(F)cc1S(=O)(=O)N(C)CC(N)=O. The van der Waals surface area contributed by atoms with Crippen molar-refractivity contribution in [1.29, 1.82) is 0 Å². The van der Waals surface area contributed by atoms with Crippen molar-refractivity contribution in [3.8, 4) is 0 Å². The highest BCUT2D eigenvalue weighted by Gasteiger charge is 2.24. The Hall–Kier alpha value is -1.47. The monoisotopic (exact) mass is 260 g/mol. The van der Waals surface area contributed by atoms with Gasteiger partial charge in [0.25, 0.3) is 0 Å². The fraction of sp³-hybridized carbons (Fsp3) is 0.300. The highest BCUT2D eigenvalue weighted by atomic mass is 32.2. The van der Waals surface area contributed by atoms with Gasteiger partial charge in [-0.3, -0.25) is 4.79 Å². The average Bonchev–Trinajstić information content (AvgIpc) is 2.20. The van der Waals surface area contributed by atoms with Gasteiger partial charge in [0.1, 0.15) is 5.82 Å². The summed E-state index contributed by atoms with van der Waals surface area (Å²) >= 11 is 0. The molecule has 2 N–H and O–H groups in total. The van der Waals surface area contributed by atoms with Crippen molar-refractivity contribution in [2.75, 3.05) is 13.6 Å². The molecule has 17 heavy (non-hydrogen) atoms. The smallest absolute Gasteiger partial charge is 0.243 e. The molecule has 0 aliphatic heterocycles. The summed E-state index contributed by atoms with van der Waals surface area (Å²) in [5, 5.41) is 0. The number of nitrogens with two attached hydrogens (primary N) is 1. The summed E-state index contributed by atoms with van der Waals surface area (Å²) in [6.45, 7) is 1.10. The highest BCUT2D eigenvalue weighted by molar-refractivity contribution is 7.89. The molecule has 0 radical (unpaired) electrons. The molecule has 0 aliphatic rings. The fourth-order valence-electron chi connectivity index (χ4n) is 1.32. The summed E-state index contributed by atoms with van der Waals surface area (Å²) in [5.41, 5.74) is 5.32. The number of benzene rings is 1. The number of sulfonamides is 1. The molecule has 0 heterocycles. The van der Waals surface area contributed by atoms with Crippen LogP contribution in [0.2, 0.25) is 0 Å². The van der Waals surface area contributed by atoms with Gasteiger partial charge in [0.15, 0.2) is 0 Å². The highest BCUT2D eigenvalue weighted by Crippen LogP contribution is 2.19. The number of amides is 1. The molecule has 7 heteroatoms. The third kappa shape index (κ3) is 3.01. The van der Waals surface area contributed by atoms with E-state index in [-0.39, 0.29) is 4.90 Å². The summed E-state index contributed by atoms with van der Waals surface area (Å²) in [6.07, 6.45) is 0. The summed E-state index contributed by atoms with van der Waals surface area (Å²) < 4.78 is 37.8. The predicted octanol–water partition coefficient (Wildman–Crippen LogP) is 0.240. The zero-order chi connectivity index (χ0) is 13.2. The lowest BCUT2D eigenvalue weighted by Gasteiger charge is -2.16. The molecule has 94 valence electrons. The van der Waals surface area contributed by atoms with E-state index in [2.05, 4.69) is 0 Å². The summed E-state index contributed by atoms with van der Waals surface area (Å²) in [4.78, 5) is 10.5. The molecule has 1 rings (SSSR count). The summed E-state index contributed by atoms with van der Waals surface area (Å²) in [7, 11) is -2.68. The van der Waals surface area contributed by atoms with Crippen LogP contribution in [0.5, 0.6) is 0 Å². The second-order valence-electron chi connectivity index (χ2n) is 3.64. The molecular formula is C10H13FN2O3S. The van der Waals surface area contributed by atoms with Gasteiger partial charge in [-0.2, -0.15) is 4.31 Å². The van der Waals surface area contributed by atoms with Crippen LogP contribution in [-0.2, 0) is 14.8 Å². The van der Waals surface area contributed by atoms with E-state index in [0.717, 1.165) is 10.4 Å². The molecule has 0 unspecified atom stereocenters. The van der Waals surface area contributed by atoms with Gasteiger partial charge in [-0.1, -0.05) is 6.07 Å². The average molecular weight is 260 g/mol. The van der Waals surface area contributed by atoms with Crippen LogP contribution in [0.4, 0.5) is 4.39 Å². The number of aryl methyl sites for hydroxylation is 1. The minimum Gasteiger partial charge on any atom is -0.369 e. The van der Waals surface area contributed by atoms with E-state index in [0.29, 0.717) is 5.56 Å². The van der Waals surface area contributed by atoms with Crippen LogP contribution in [0.25, 0.3) is 0 Å². The molecule has 0 saturated carbocycles. The van der Waals surface area contributed by atoms with Crippen molar-refractivity contribution in [3.05, 3.63) is 29.6 Å². The van der Waals surface area contributed by atoms with Crippen LogP contribution in [0, 0.1) is 12.7 Å². The van der Waals surface area contributed by atoms with E-state index in [1.807, 2.05) is 0 Å². The Morgan fingerprint density at radius 2 is 2.06 bits per heavy atom. The maximum atomic E-state index is 13.0. The van der Waals surface area contributed by atoms with E-state index in [1.165, 1.54) is 19.2 Å². The number of rotatable bonds is 4. The van der Waals surface area contributed by atoms with E-state index in [1.54, 1.807) is 6.92 Å². The molecule has 0 aliphatic carbocycles. The van der Waals surface area contributed by atoms with Crippen LogP contribution in [-0.4, -0.2) is 32.2 Å². The molecular weight excluding hydrogens is 247 g/mol. The molecule has 0 saturated heterocycles. The van der Waals surface area contributed by atoms with Gasteiger partial charge in [-0.15, -0.1) is 0 Å². The molecule has 0 bridgehead atoms. The lowest BCUT2D eigenvalue weighted by Crippen LogP contribution is -2.35. The van der Waals surface area contributed by atoms with Gasteiger partial charge in [0.2, 0.25) is 15.9 Å². The van der Waals surface area contributed by atoms with E-state index in [9.17, 15) is 17.6 Å². The molecule has 1 aromatic rings. The van der Waals surface area contributed by atoms with Crippen molar-refractivity contribution in [2.45, 2.75) is 11.8 Å². The summed E-state index contributed by atoms with van der Waals surface area (Å²) in [6, 6.07) is 3.45. The molecule has 1 aromatic carbocycles. The standard InChI is InChI=1S/C10H13FN2O3S/c1-7-3-4-8(11)5-9(7)17(15,16)13(2)6-10(12)14/h3-5H,6H2,1-2H3,(H2,12,14). The number of likely N-dealkylation sites (N-methyl/N-ethyl adjacent to an activating group) is 1. The second kappa shape index (κ2) is 4.80. The fourth-order valence-corrected chi connectivity index (χ4v) is 2.69. The van der Waals surface area contributed by atoms with Crippen molar-refractivity contribution in [1.82, 2.24) is 4.31 Å². The third-order valence-electron chi connectivity index (χ3n) is 2.22. The normalized spacial score (nSPS) is 11.8. The second-order valence-corrected chi connectivity index (χ2v) is 5.65. The van der Waals surface area contributed by atoms with Gasteiger partial charge in [0.05, 0.1) is 11.4 Å². The third-order valence-corrected chi connectivity index (χ3v) is 4.16. The predicted molar refractivity (Wildman–Crippen MR) is 60.1 cm³/mol. The van der Waals surface area contributed by atoms with Crippen LogP contribution >= 0.6 is 0 Å². The zero-order valence-electron chi connectivity index (χ0n) is 9.47. The van der Waals surface area contributed by atoms with Crippen molar-refractivity contribution in [3.63, 3.8) is 0 Å². The minimum atomic E-state index is -3.89. The summed E-state index contributed by atoms with van der Waals surface area (Å²) in [5.74, 6) is -1.42. The number of carbonyl (C=O) groups is 1. The minimum absolute atomic E-state index is 0.166. The number of hydrogen-bond donors (Lipinski definition) is 1. The first kappa shape index (κ1) is 13.6. The molecule has 0 spiro atoms. The maximum absolute atomic E-state index is 13.0. The van der Waals surface area contributed by atoms with E-state index >= 15 is 0 Å². The Labute approximate surface area is 99.1 Å². The van der Waals surface area contributed by atoms with Crippen molar-refractivity contribution in [2.24, 2.45) is 5.73 Å². The first-order valence-corrected chi connectivity index (χ1v) is 6.20. The molecule has 5 nitrogen and oxygen atoms in total. The lowest BCUT2D eigenvalue weighted by atomic mass is 10.2. The zero-order valence-corrected chi connectivity index (χ0v) is 10.3. The first-order valence-electron chi connectivity index (χ1n) is 4.76. The van der Waals surface area contributed by atoms with Gasteiger partial charge in [-0.25, -0.2) is 12.8 Å². The van der Waals surface area contributed by atoms with Crippen LogP contribution in [0.15, 0.2) is 23.1 Å². The van der Waals surface area contributed by atoms with Crippen LogP contribution in [0.3, 0.4) is 0 Å². The number of nitrogens with zero attached hydrogens (tertiary/aromatic N) is 1. The number of primary amides is 1.